The predicted octanol–water partition coefficient (Wildman–Crippen LogP) is 3.08. The van der Waals surface area contributed by atoms with Crippen molar-refractivity contribution in [2.24, 2.45) is 0 Å². The molecule has 0 saturated carbocycles. The highest BCUT2D eigenvalue weighted by Gasteiger charge is 2.15. The molecule has 1 aromatic carbocycles. The van der Waals surface area contributed by atoms with Crippen LogP contribution in [0.15, 0.2) is 18.2 Å². The Balaban J connectivity index is 2.81. The second-order valence-electron chi connectivity index (χ2n) is 2.97. The summed E-state index contributed by atoms with van der Waals surface area (Å²) in [4.78, 5) is 11.0. The Bertz CT molecular complexity index is 370. The molecule has 1 aromatic rings. The van der Waals surface area contributed by atoms with Gasteiger partial charge in [-0.3, -0.25) is 4.79 Å². The summed E-state index contributed by atoms with van der Waals surface area (Å²) in [6.07, 6.45) is 0.572. The van der Waals surface area contributed by atoms with Crippen LogP contribution in [0.5, 0.6) is 0 Å². The van der Waals surface area contributed by atoms with E-state index in [-0.39, 0.29) is 11.6 Å². The smallest absolute Gasteiger partial charge is 0.238 e. The average molecular weight is 278 g/mol. The summed E-state index contributed by atoms with van der Waals surface area (Å²) in [6, 6.07) is 3.64. The molecule has 0 spiro atoms. The monoisotopic (exact) mass is 277 g/mol. The van der Waals surface area contributed by atoms with Crippen LogP contribution in [0.2, 0.25) is 0 Å². The molecule has 82 valence electrons. The summed E-state index contributed by atoms with van der Waals surface area (Å²) in [5, 5.41) is 2.30. The van der Waals surface area contributed by atoms with Gasteiger partial charge in [-0.2, -0.15) is 0 Å². The van der Waals surface area contributed by atoms with Gasteiger partial charge < -0.3 is 5.32 Å². The third kappa shape index (κ3) is 2.99. The zero-order valence-corrected chi connectivity index (χ0v) is 9.64. The van der Waals surface area contributed by atoms with Gasteiger partial charge in [-0.05, 0) is 18.6 Å². The van der Waals surface area contributed by atoms with Crippen LogP contribution >= 0.6 is 15.9 Å². The standard InChI is InChI=1S/C10H10BrF2NO/c1-2-6(11)10(15)14-8-5-3-4-7(12)9(8)13/h3-6H,2H2,1H3,(H,14,15). The minimum absolute atomic E-state index is 0.141. The Morgan fingerprint density at radius 1 is 1.53 bits per heavy atom. The minimum Gasteiger partial charge on any atom is -0.323 e. The highest BCUT2D eigenvalue weighted by atomic mass is 79.9. The predicted molar refractivity (Wildman–Crippen MR) is 58.0 cm³/mol. The number of alkyl halides is 1. The molecular weight excluding hydrogens is 268 g/mol. The van der Waals surface area contributed by atoms with Crippen LogP contribution in [0, 0.1) is 11.6 Å². The number of hydrogen-bond acceptors (Lipinski definition) is 1. The molecule has 1 unspecified atom stereocenters. The van der Waals surface area contributed by atoms with Crippen molar-refractivity contribution >= 4 is 27.5 Å². The summed E-state index contributed by atoms with van der Waals surface area (Å²) >= 11 is 3.11. The third-order valence-electron chi connectivity index (χ3n) is 1.85. The first kappa shape index (κ1) is 12.1. The summed E-state index contributed by atoms with van der Waals surface area (Å²) in [7, 11) is 0. The molecular formula is C10H10BrF2NO. The molecule has 1 N–H and O–H groups in total. The number of amides is 1. The highest BCUT2D eigenvalue weighted by Crippen LogP contribution is 2.18. The summed E-state index contributed by atoms with van der Waals surface area (Å²) in [6.45, 7) is 1.81. The summed E-state index contributed by atoms with van der Waals surface area (Å²) < 4.78 is 25.9. The largest absolute Gasteiger partial charge is 0.323 e. The van der Waals surface area contributed by atoms with Gasteiger partial charge in [0.2, 0.25) is 5.91 Å². The molecule has 2 nitrogen and oxygen atoms in total. The van der Waals surface area contributed by atoms with Gasteiger partial charge in [-0.1, -0.05) is 28.9 Å². The van der Waals surface area contributed by atoms with Gasteiger partial charge in [-0.15, -0.1) is 0 Å². The molecule has 0 aliphatic carbocycles. The van der Waals surface area contributed by atoms with Crippen LogP contribution in [0.1, 0.15) is 13.3 Å². The van der Waals surface area contributed by atoms with Gasteiger partial charge in [-0.25, -0.2) is 8.78 Å². The number of carbonyl (C=O) groups excluding carboxylic acids is 1. The lowest BCUT2D eigenvalue weighted by molar-refractivity contribution is -0.115. The zero-order valence-electron chi connectivity index (χ0n) is 8.06. The van der Waals surface area contributed by atoms with E-state index in [0.717, 1.165) is 6.07 Å². The molecule has 0 aliphatic heterocycles. The Hall–Kier alpha value is -0.970. The lowest BCUT2D eigenvalue weighted by Gasteiger charge is -2.09. The van der Waals surface area contributed by atoms with E-state index in [1.807, 2.05) is 0 Å². The summed E-state index contributed by atoms with van der Waals surface area (Å²) in [5.74, 6) is -2.40. The van der Waals surface area contributed by atoms with Gasteiger partial charge in [0.1, 0.15) is 0 Å². The van der Waals surface area contributed by atoms with E-state index in [1.54, 1.807) is 6.92 Å². The van der Waals surface area contributed by atoms with E-state index in [2.05, 4.69) is 21.2 Å². The van der Waals surface area contributed by atoms with E-state index in [0.29, 0.717) is 6.42 Å². The minimum atomic E-state index is -1.04. The number of carbonyl (C=O) groups is 1. The van der Waals surface area contributed by atoms with Gasteiger partial charge >= 0.3 is 0 Å². The molecule has 0 bridgehead atoms. The van der Waals surface area contributed by atoms with Gasteiger partial charge in [0.05, 0.1) is 10.5 Å². The number of rotatable bonds is 3. The summed E-state index contributed by atoms with van der Waals surface area (Å²) in [5.41, 5.74) is -0.141. The molecule has 0 fully saturated rings. The molecule has 15 heavy (non-hydrogen) atoms. The maximum atomic E-state index is 13.1. The molecule has 5 heteroatoms. The van der Waals surface area contributed by atoms with Gasteiger partial charge in [0, 0.05) is 0 Å². The number of halogens is 3. The fraction of sp³-hybridized carbons (Fsp3) is 0.300. The highest BCUT2D eigenvalue weighted by molar-refractivity contribution is 9.10. The van der Waals surface area contributed by atoms with E-state index in [1.165, 1.54) is 12.1 Å². The SMILES string of the molecule is CCC(Br)C(=O)Nc1cccc(F)c1F. The number of nitrogens with one attached hydrogen (secondary N) is 1. The zero-order chi connectivity index (χ0) is 11.4. The molecule has 0 radical (unpaired) electrons. The lowest BCUT2D eigenvalue weighted by Crippen LogP contribution is -2.22. The van der Waals surface area contributed by atoms with Crippen molar-refractivity contribution in [3.8, 4) is 0 Å². The first-order valence-electron chi connectivity index (χ1n) is 4.45. The van der Waals surface area contributed by atoms with Crippen LogP contribution in [0.3, 0.4) is 0 Å². The van der Waals surface area contributed by atoms with Gasteiger partial charge in [0.15, 0.2) is 11.6 Å². The van der Waals surface area contributed by atoms with E-state index >= 15 is 0 Å². The van der Waals surface area contributed by atoms with Crippen LogP contribution in [0.25, 0.3) is 0 Å². The average Bonchev–Trinajstić information content (AvgIpc) is 2.23. The lowest BCUT2D eigenvalue weighted by atomic mass is 10.2. The van der Waals surface area contributed by atoms with E-state index in [9.17, 15) is 13.6 Å². The van der Waals surface area contributed by atoms with Crippen LogP contribution in [-0.4, -0.2) is 10.7 Å². The van der Waals surface area contributed by atoms with E-state index < -0.39 is 16.5 Å². The second kappa shape index (κ2) is 5.21. The van der Waals surface area contributed by atoms with Crippen molar-refractivity contribution in [3.05, 3.63) is 29.8 Å². The van der Waals surface area contributed by atoms with E-state index in [4.69, 9.17) is 0 Å². The normalized spacial score (nSPS) is 12.3. The molecule has 0 aliphatic rings. The van der Waals surface area contributed by atoms with Crippen molar-refractivity contribution in [2.45, 2.75) is 18.2 Å². The quantitative estimate of drug-likeness (QED) is 0.846. The number of anilines is 1. The van der Waals surface area contributed by atoms with Crippen molar-refractivity contribution in [1.82, 2.24) is 0 Å². The Kier molecular flexibility index (Phi) is 4.20. The Morgan fingerprint density at radius 3 is 2.80 bits per heavy atom. The molecule has 0 aromatic heterocycles. The fourth-order valence-corrected chi connectivity index (χ4v) is 1.11. The molecule has 1 rings (SSSR count). The first-order chi connectivity index (χ1) is 7.06. The van der Waals surface area contributed by atoms with Crippen molar-refractivity contribution < 1.29 is 13.6 Å². The maximum Gasteiger partial charge on any atom is 0.238 e. The van der Waals surface area contributed by atoms with Crippen LogP contribution in [-0.2, 0) is 4.79 Å². The topological polar surface area (TPSA) is 29.1 Å². The molecule has 0 heterocycles. The van der Waals surface area contributed by atoms with Gasteiger partial charge in [0.25, 0.3) is 0 Å². The van der Waals surface area contributed by atoms with Crippen molar-refractivity contribution in [1.29, 1.82) is 0 Å². The van der Waals surface area contributed by atoms with Crippen LogP contribution in [0.4, 0.5) is 14.5 Å². The molecule has 1 amide bonds. The maximum absolute atomic E-state index is 13.1. The molecule has 1 atom stereocenters. The van der Waals surface area contributed by atoms with Crippen molar-refractivity contribution in [2.75, 3.05) is 5.32 Å². The second-order valence-corrected chi connectivity index (χ2v) is 4.07. The molecule has 0 saturated heterocycles. The van der Waals surface area contributed by atoms with Crippen molar-refractivity contribution in [3.63, 3.8) is 0 Å². The fourth-order valence-electron chi connectivity index (χ4n) is 0.997. The number of hydrogen-bond donors (Lipinski definition) is 1. The Labute approximate surface area is 94.8 Å². The van der Waals surface area contributed by atoms with Crippen LogP contribution < -0.4 is 5.32 Å². The first-order valence-corrected chi connectivity index (χ1v) is 5.36. The Morgan fingerprint density at radius 2 is 2.20 bits per heavy atom. The number of benzene rings is 1. The third-order valence-corrected chi connectivity index (χ3v) is 2.92.